The lowest BCUT2D eigenvalue weighted by atomic mass is 10.4. The molecule has 0 saturated carbocycles. The predicted octanol–water partition coefficient (Wildman–Crippen LogP) is -0.882. The summed E-state index contributed by atoms with van der Waals surface area (Å²) in [5.41, 5.74) is 0. The van der Waals surface area contributed by atoms with Crippen molar-refractivity contribution in [1.82, 2.24) is 5.06 Å². The van der Waals surface area contributed by atoms with Crippen LogP contribution in [0.2, 0.25) is 0 Å². The molecule has 0 amide bonds. The van der Waals surface area contributed by atoms with Crippen LogP contribution in [-0.4, -0.2) is 36.0 Å². The zero-order valence-corrected chi connectivity index (χ0v) is 4.95. The summed E-state index contributed by atoms with van der Waals surface area (Å²) in [6.45, 7) is 1.01. The highest BCUT2D eigenvalue weighted by Gasteiger charge is 2.20. The van der Waals surface area contributed by atoms with Crippen LogP contribution in [0, 0.1) is 11.3 Å². The van der Waals surface area contributed by atoms with E-state index in [-0.39, 0.29) is 6.54 Å². The highest BCUT2D eigenvalue weighted by atomic mass is 16.7. The average molecular weight is 128 g/mol. The van der Waals surface area contributed by atoms with Crippen LogP contribution in [0.3, 0.4) is 0 Å². The molecule has 1 rings (SSSR count). The Hall–Kier alpha value is -0.630. The Morgan fingerprint density at radius 2 is 2.67 bits per heavy atom. The van der Waals surface area contributed by atoms with Crippen molar-refractivity contribution in [3.63, 3.8) is 0 Å². The van der Waals surface area contributed by atoms with Crippen molar-refractivity contribution in [3.8, 4) is 6.07 Å². The van der Waals surface area contributed by atoms with Gasteiger partial charge < -0.3 is 5.11 Å². The number of aliphatic hydroxyl groups excluding tert-OH is 1. The van der Waals surface area contributed by atoms with E-state index in [1.165, 1.54) is 5.06 Å². The van der Waals surface area contributed by atoms with Crippen LogP contribution in [0.1, 0.15) is 0 Å². The zero-order chi connectivity index (χ0) is 6.69. The van der Waals surface area contributed by atoms with Gasteiger partial charge in [0.25, 0.3) is 0 Å². The first kappa shape index (κ1) is 6.49. The maximum Gasteiger partial charge on any atom is 0.111 e. The Labute approximate surface area is 53.2 Å². The van der Waals surface area contributed by atoms with Gasteiger partial charge in [-0.15, -0.1) is 0 Å². The van der Waals surface area contributed by atoms with Crippen LogP contribution in [0.15, 0.2) is 0 Å². The molecule has 1 saturated heterocycles. The number of nitriles is 1. The third-order valence-electron chi connectivity index (χ3n) is 1.11. The summed E-state index contributed by atoms with van der Waals surface area (Å²) in [6.07, 6.45) is -0.418. The maximum atomic E-state index is 8.85. The number of hydrogen-bond acceptors (Lipinski definition) is 4. The third kappa shape index (κ3) is 1.64. The third-order valence-corrected chi connectivity index (χ3v) is 1.11. The fraction of sp³-hybridized carbons (Fsp3) is 0.800. The van der Waals surface area contributed by atoms with Crippen LogP contribution in [-0.2, 0) is 4.84 Å². The van der Waals surface area contributed by atoms with Gasteiger partial charge >= 0.3 is 0 Å². The number of rotatable bonds is 1. The van der Waals surface area contributed by atoms with Crippen molar-refractivity contribution >= 4 is 0 Å². The molecule has 1 fully saturated rings. The molecule has 0 radical (unpaired) electrons. The molecule has 4 nitrogen and oxygen atoms in total. The van der Waals surface area contributed by atoms with Gasteiger partial charge in [-0.3, -0.25) is 4.84 Å². The molecule has 0 aromatic heterocycles. The van der Waals surface area contributed by atoms with Crippen molar-refractivity contribution in [1.29, 1.82) is 5.26 Å². The second kappa shape index (κ2) is 2.78. The van der Waals surface area contributed by atoms with Crippen molar-refractivity contribution < 1.29 is 9.94 Å². The lowest BCUT2D eigenvalue weighted by Crippen LogP contribution is -2.20. The molecule has 0 aromatic rings. The van der Waals surface area contributed by atoms with E-state index in [4.69, 9.17) is 15.2 Å². The van der Waals surface area contributed by atoms with Gasteiger partial charge in [-0.05, 0) is 0 Å². The van der Waals surface area contributed by atoms with Crippen molar-refractivity contribution in [2.45, 2.75) is 6.10 Å². The largest absolute Gasteiger partial charge is 0.389 e. The average Bonchev–Trinajstić information content (AvgIpc) is 2.17. The smallest absolute Gasteiger partial charge is 0.111 e. The number of nitrogens with zero attached hydrogens (tertiary/aromatic N) is 2. The summed E-state index contributed by atoms with van der Waals surface area (Å²) in [7, 11) is 0. The summed E-state index contributed by atoms with van der Waals surface area (Å²) in [5, 5.41) is 18.5. The minimum Gasteiger partial charge on any atom is -0.389 e. The first-order chi connectivity index (χ1) is 4.33. The minimum atomic E-state index is -0.418. The van der Waals surface area contributed by atoms with Gasteiger partial charge in [0.15, 0.2) is 0 Å². The number of aliphatic hydroxyl groups is 1. The highest BCUT2D eigenvalue weighted by Crippen LogP contribution is 2.02. The lowest BCUT2D eigenvalue weighted by Gasteiger charge is -2.05. The van der Waals surface area contributed by atoms with Gasteiger partial charge in [-0.2, -0.15) is 10.3 Å². The first-order valence-electron chi connectivity index (χ1n) is 2.76. The van der Waals surface area contributed by atoms with Crippen LogP contribution < -0.4 is 0 Å². The second-order valence-electron chi connectivity index (χ2n) is 1.93. The van der Waals surface area contributed by atoms with Crippen LogP contribution in [0.5, 0.6) is 0 Å². The SMILES string of the molecule is N#CCN1C[C@@H](O)CO1. The van der Waals surface area contributed by atoms with Crippen molar-refractivity contribution in [2.75, 3.05) is 19.7 Å². The summed E-state index contributed by atoms with van der Waals surface area (Å²) >= 11 is 0. The van der Waals surface area contributed by atoms with Gasteiger partial charge in [0.2, 0.25) is 0 Å². The zero-order valence-electron chi connectivity index (χ0n) is 4.95. The van der Waals surface area contributed by atoms with E-state index in [0.717, 1.165) is 0 Å². The Kier molecular flexibility index (Phi) is 2.01. The van der Waals surface area contributed by atoms with E-state index >= 15 is 0 Å². The van der Waals surface area contributed by atoms with E-state index in [9.17, 15) is 0 Å². The molecule has 1 heterocycles. The van der Waals surface area contributed by atoms with Crippen molar-refractivity contribution in [2.24, 2.45) is 0 Å². The van der Waals surface area contributed by atoms with Gasteiger partial charge in [0, 0.05) is 0 Å². The maximum absolute atomic E-state index is 8.85. The van der Waals surface area contributed by atoms with Gasteiger partial charge in [0.1, 0.15) is 6.54 Å². The first-order valence-corrected chi connectivity index (χ1v) is 2.76. The molecule has 1 aliphatic heterocycles. The van der Waals surface area contributed by atoms with E-state index in [1.54, 1.807) is 0 Å². The Bertz CT molecular complexity index is 131. The van der Waals surface area contributed by atoms with Crippen LogP contribution in [0.25, 0.3) is 0 Å². The quantitative estimate of drug-likeness (QED) is 0.466. The monoisotopic (exact) mass is 128 g/mol. The normalized spacial score (nSPS) is 28.2. The predicted molar refractivity (Wildman–Crippen MR) is 29.1 cm³/mol. The summed E-state index contributed by atoms with van der Waals surface area (Å²) in [5.74, 6) is 0. The van der Waals surface area contributed by atoms with Crippen molar-refractivity contribution in [3.05, 3.63) is 0 Å². The Balaban J connectivity index is 2.24. The van der Waals surface area contributed by atoms with E-state index < -0.39 is 6.10 Å². The molecule has 0 unspecified atom stereocenters. The van der Waals surface area contributed by atoms with Crippen LogP contribution >= 0.6 is 0 Å². The van der Waals surface area contributed by atoms with E-state index in [1.807, 2.05) is 6.07 Å². The highest BCUT2D eigenvalue weighted by molar-refractivity contribution is 4.76. The topological polar surface area (TPSA) is 56.5 Å². The molecule has 1 aliphatic rings. The molecule has 0 spiro atoms. The molecule has 0 aromatic carbocycles. The standard InChI is InChI=1S/C5H8N2O2/c6-1-2-7-3-5(8)4-9-7/h5,8H,2-4H2/t5-/m1/s1. The molecule has 1 N–H and O–H groups in total. The second-order valence-corrected chi connectivity index (χ2v) is 1.93. The number of β-amino-alcohol motifs (C(OH)–C–C–N with tert-alkyl or cyclic N) is 1. The molecule has 50 valence electrons. The van der Waals surface area contributed by atoms with Gasteiger partial charge in [-0.1, -0.05) is 0 Å². The fourth-order valence-electron chi connectivity index (χ4n) is 0.721. The number of hydrogen-bond donors (Lipinski definition) is 1. The van der Waals surface area contributed by atoms with E-state index in [0.29, 0.717) is 13.2 Å². The Morgan fingerprint density at radius 1 is 1.89 bits per heavy atom. The minimum absolute atomic E-state index is 0.233. The molecule has 4 heteroatoms. The summed E-state index contributed by atoms with van der Waals surface area (Å²) < 4.78 is 0. The summed E-state index contributed by atoms with van der Waals surface area (Å²) in [6, 6.07) is 1.92. The van der Waals surface area contributed by atoms with Gasteiger partial charge in [-0.25, -0.2) is 0 Å². The van der Waals surface area contributed by atoms with Crippen LogP contribution in [0.4, 0.5) is 0 Å². The number of hydroxylamine groups is 2. The Morgan fingerprint density at radius 3 is 3.11 bits per heavy atom. The molecular formula is C5H8N2O2. The molecule has 0 bridgehead atoms. The lowest BCUT2D eigenvalue weighted by molar-refractivity contribution is -0.0997. The van der Waals surface area contributed by atoms with E-state index in [2.05, 4.69) is 0 Å². The summed E-state index contributed by atoms with van der Waals surface area (Å²) in [4.78, 5) is 4.87. The molecular weight excluding hydrogens is 120 g/mol. The van der Waals surface area contributed by atoms with Gasteiger partial charge in [0.05, 0.1) is 25.3 Å². The molecule has 9 heavy (non-hydrogen) atoms. The molecule has 0 aliphatic carbocycles. The molecule has 1 atom stereocenters. The fourth-order valence-corrected chi connectivity index (χ4v) is 0.721.